The van der Waals surface area contributed by atoms with Gasteiger partial charge in [0.1, 0.15) is 0 Å². The molecular formula is C14H17N3O. The zero-order valence-electron chi connectivity index (χ0n) is 10.7. The van der Waals surface area contributed by atoms with Crippen molar-refractivity contribution in [3.63, 3.8) is 0 Å². The molecular weight excluding hydrogens is 226 g/mol. The van der Waals surface area contributed by atoms with Gasteiger partial charge in [-0.05, 0) is 25.5 Å². The third-order valence-corrected chi connectivity index (χ3v) is 2.75. The molecule has 2 aromatic rings. The van der Waals surface area contributed by atoms with E-state index in [0.29, 0.717) is 6.42 Å². The Balaban J connectivity index is 2.11. The second-order valence-electron chi connectivity index (χ2n) is 4.25. The molecule has 4 heteroatoms. The highest BCUT2D eigenvalue weighted by atomic mass is 16.1. The highest BCUT2D eigenvalue weighted by molar-refractivity contribution is 5.90. The van der Waals surface area contributed by atoms with Gasteiger partial charge in [-0.15, -0.1) is 0 Å². The summed E-state index contributed by atoms with van der Waals surface area (Å²) in [7, 11) is 0. The Morgan fingerprint density at radius 2 is 2.06 bits per heavy atom. The highest BCUT2D eigenvalue weighted by Gasteiger charge is 2.05. The molecule has 0 aliphatic rings. The summed E-state index contributed by atoms with van der Waals surface area (Å²) in [6.45, 7) is 3.97. The van der Waals surface area contributed by atoms with Gasteiger partial charge in [0.25, 0.3) is 0 Å². The first kappa shape index (κ1) is 12.4. The number of aromatic nitrogens is 2. The molecule has 0 aliphatic heterocycles. The van der Waals surface area contributed by atoms with Crippen molar-refractivity contribution in [2.24, 2.45) is 0 Å². The van der Waals surface area contributed by atoms with Crippen LogP contribution in [0.1, 0.15) is 25.5 Å². The molecule has 0 aliphatic carbocycles. The third kappa shape index (κ3) is 2.77. The monoisotopic (exact) mass is 243 g/mol. The van der Waals surface area contributed by atoms with Crippen LogP contribution in [0.4, 0.5) is 5.69 Å². The lowest BCUT2D eigenvalue weighted by atomic mass is 10.1. The first-order valence-corrected chi connectivity index (χ1v) is 6.11. The molecule has 2 N–H and O–H groups in total. The van der Waals surface area contributed by atoms with Gasteiger partial charge >= 0.3 is 0 Å². The molecule has 0 spiro atoms. The molecule has 0 saturated carbocycles. The molecule has 0 fully saturated rings. The van der Waals surface area contributed by atoms with Gasteiger partial charge in [0.05, 0.1) is 12.0 Å². The predicted molar refractivity (Wildman–Crippen MR) is 72.3 cm³/mol. The van der Waals surface area contributed by atoms with Crippen molar-refractivity contribution in [2.75, 3.05) is 5.32 Å². The summed E-state index contributed by atoms with van der Waals surface area (Å²) >= 11 is 0. The van der Waals surface area contributed by atoms with Gasteiger partial charge in [0, 0.05) is 23.4 Å². The van der Waals surface area contributed by atoms with Gasteiger partial charge < -0.3 is 10.3 Å². The third-order valence-electron chi connectivity index (χ3n) is 2.75. The first-order valence-electron chi connectivity index (χ1n) is 6.11. The van der Waals surface area contributed by atoms with Crippen LogP contribution in [0.3, 0.4) is 0 Å². The van der Waals surface area contributed by atoms with Gasteiger partial charge in [0.15, 0.2) is 0 Å². The molecule has 94 valence electrons. The van der Waals surface area contributed by atoms with E-state index >= 15 is 0 Å². The molecule has 4 nitrogen and oxygen atoms in total. The fourth-order valence-corrected chi connectivity index (χ4v) is 1.81. The first-order chi connectivity index (χ1) is 8.70. The van der Waals surface area contributed by atoms with Crippen molar-refractivity contribution in [2.45, 2.75) is 26.7 Å². The molecule has 18 heavy (non-hydrogen) atoms. The maximum absolute atomic E-state index is 11.5. The SMILES string of the molecule is CCCC(=O)Nc1ccc(-c2nc[nH]c2C)cc1. The number of anilines is 1. The fourth-order valence-electron chi connectivity index (χ4n) is 1.81. The van der Waals surface area contributed by atoms with E-state index in [2.05, 4.69) is 15.3 Å². The maximum Gasteiger partial charge on any atom is 0.224 e. The zero-order valence-corrected chi connectivity index (χ0v) is 10.7. The van der Waals surface area contributed by atoms with E-state index in [0.717, 1.165) is 29.1 Å². The molecule has 0 unspecified atom stereocenters. The largest absolute Gasteiger partial charge is 0.348 e. The van der Waals surface area contributed by atoms with E-state index in [9.17, 15) is 4.79 Å². The summed E-state index contributed by atoms with van der Waals surface area (Å²) in [4.78, 5) is 18.8. The Bertz CT molecular complexity index is 528. The summed E-state index contributed by atoms with van der Waals surface area (Å²) in [5, 5.41) is 2.86. The number of rotatable bonds is 4. The van der Waals surface area contributed by atoms with Crippen molar-refractivity contribution < 1.29 is 4.79 Å². The summed E-state index contributed by atoms with van der Waals surface area (Å²) in [5.41, 5.74) is 3.85. The van der Waals surface area contributed by atoms with E-state index in [1.807, 2.05) is 38.1 Å². The molecule has 1 aromatic heterocycles. The Labute approximate surface area is 106 Å². The van der Waals surface area contributed by atoms with Gasteiger partial charge in [-0.3, -0.25) is 4.79 Å². The average Bonchev–Trinajstić information content (AvgIpc) is 2.77. The minimum Gasteiger partial charge on any atom is -0.348 e. The number of nitrogens with zero attached hydrogens (tertiary/aromatic N) is 1. The van der Waals surface area contributed by atoms with Crippen LogP contribution in [0.2, 0.25) is 0 Å². The molecule has 0 bridgehead atoms. The van der Waals surface area contributed by atoms with E-state index in [4.69, 9.17) is 0 Å². The Hall–Kier alpha value is -2.10. The van der Waals surface area contributed by atoms with Crippen LogP contribution in [0.5, 0.6) is 0 Å². The number of hydrogen-bond acceptors (Lipinski definition) is 2. The van der Waals surface area contributed by atoms with Crippen molar-refractivity contribution in [3.8, 4) is 11.3 Å². The highest BCUT2D eigenvalue weighted by Crippen LogP contribution is 2.21. The molecule has 0 radical (unpaired) electrons. The summed E-state index contributed by atoms with van der Waals surface area (Å²) in [5.74, 6) is 0.0567. The Kier molecular flexibility index (Phi) is 3.77. The number of benzene rings is 1. The number of hydrogen-bond donors (Lipinski definition) is 2. The van der Waals surface area contributed by atoms with Gasteiger partial charge in [-0.25, -0.2) is 4.98 Å². The van der Waals surface area contributed by atoms with Crippen LogP contribution in [0, 0.1) is 6.92 Å². The number of aryl methyl sites for hydroxylation is 1. The maximum atomic E-state index is 11.5. The quantitative estimate of drug-likeness (QED) is 0.866. The van der Waals surface area contributed by atoms with Crippen molar-refractivity contribution in [1.29, 1.82) is 0 Å². The smallest absolute Gasteiger partial charge is 0.224 e. The second-order valence-corrected chi connectivity index (χ2v) is 4.25. The van der Waals surface area contributed by atoms with Crippen molar-refractivity contribution >= 4 is 11.6 Å². The number of amides is 1. The summed E-state index contributed by atoms with van der Waals surface area (Å²) < 4.78 is 0. The van der Waals surface area contributed by atoms with Gasteiger partial charge in [-0.1, -0.05) is 19.1 Å². The zero-order chi connectivity index (χ0) is 13.0. The molecule has 2 rings (SSSR count). The number of imidazole rings is 1. The topological polar surface area (TPSA) is 57.8 Å². The predicted octanol–water partition coefficient (Wildman–Crippen LogP) is 3.12. The van der Waals surface area contributed by atoms with E-state index in [1.54, 1.807) is 6.33 Å². The second kappa shape index (κ2) is 5.49. The lowest BCUT2D eigenvalue weighted by molar-refractivity contribution is -0.116. The molecule has 0 atom stereocenters. The standard InChI is InChI=1S/C14H17N3O/c1-3-4-13(18)17-12-7-5-11(6-8-12)14-10(2)15-9-16-14/h5-9H,3-4H2,1-2H3,(H,15,16)(H,17,18). The van der Waals surface area contributed by atoms with E-state index in [1.165, 1.54) is 0 Å². The van der Waals surface area contributed by atoms with Crippen LogP contribution in [0.25, 0.3) is 11.3 Å². The van der Waals surface area contributed by atoms with E-state index < -0.39 is 0 Å². The number of H-pyrrole nitrogens is 1. The minimum atomic E-state index is 0.0567. The minimum absolute atomic E-state index is 0.0567. The van der Waals surface area contributed by atoms with Crippen LogP contribution in [-0.4, -0.2) is 15.9 Å². The number of nitrogens with one attached hydrogen (secondary N) is 2. The van der Waals surface area contributed by atoms with Crippen LogP contribution >= 0.6 is 0 Å². The average molecular weight is 243 g/mol. The number of carbonyl (C=O) groups excluding carboxylic acids is 1. The Morgan fingerprint density at radius 1 is 1.33 bits per heavy atom. The van der Waals surface area contributed by atoms with Crippen molar-refractivity contribution in [1.82, 2.24) is 9.97 Å². The normalized spacial score (nSPS) is 10.3. The number of aromatic amines is 1. The van der Waals surface area contributed by atoms with Crippen molar-refractivity contribution in [3.05, 3.63) is 36.3 Å². The summed E-state index contributed by atoms with van der Waals surface area (Å²) in [6, 6.07) is 7.73. The van der Waals surface area contributed by atoms with Crippen LogP contribution in [0.15, 0.2) is 30.6 Å². The van der Waals surface area contributed by atoms with E-state index in [-0.39, 0.29) is 5.91 Å². The van der Waals surface area contributed by atoms with Gasteiger partial charge in [-0.2, -0.15) is 0 Å². The number of carbonyl (C=O) groups is 1. The summed E-state index contributed by atoms with van der Waals surface area (Å²) in [6.07, 6.45) is 3.10. The molecule has 1 aromatic carbocycles. The Morgan fingerprint density at radius 3 is 2.61 bits per heavy atom. The lowest BCUT2D eigenvalue weighted by Crippen LogP contribution is -2.10. The van der Waals surface area contributed by atoms with Crippen LogP contribution in [-0.2, 0) is 4.79 Å². The molecule has 1 amide bonds. The molecule has 1 heterocycles. The fraction of sp³-hybridized carbons (Fsp3) is 0.286. The van der Waals surface area contributed by atoms with Gasteiger partial charge in [0.2, 0.25) is 5.91 Å². The lowest BCUT2D eigenvalue weighted by Gasteiger charge is -2.05. The molecule has 0 saturated heterocycles. The van der Waals surface area contributed by atoms with Crippen LogP contribution < -0.4 is 5.32 Å².